The molecule has 0 aliphatic heterocycles. The molecule has 0 aliphatic carbocycles. The van der Waals surface area contributed by atoms with Crippen molar-refractivity contribution in [2.75, 3.05) is 11.9 Å². The molecule has 1 heterocycles. The van der Waals surface area contributed by atoms with Gasteiger partial charge in [-0.2, -0.15) is 0 Å². The molecule has 2 rings (SSSR count). The third-order valence-corrected chi connectivity index (χ3v) is 2.27. The summed E-state index contributed by atoms with van der Waals surface area (Å²) in [5.74, 6) is 0.678. The molecule has 14 heavy (non-hydrogen) atoms. The summed E-state index contributed by atoms with van der Waals surface area (Å²) < 4.78 is 0. The second-order valence-electron chi connectivity index (χ2n) is 4.05. The van der Waals surface area contributed by atoms with Crippen molar-refractivity contribution in [1.82, 2.24) is 4.98 Å². The molecule has 2 nitrogen and oxygen atoms in total. The Balaban J connectivity index is 2.17. The van der Waals surface area contributed by atoms with Gasteiger partial charge in [-0.3, -0.25) is 0 Å². The predicted octanol–water partition coefficient (Wildman–Crippen LogP) is 3.24. The van der Waals surface area contributed by atoms with Gasteiger partial charge in [0.15, 0.2) is 0 Å². The minimum atomic E-state index is 0.678. The molecule has 0 atom stereocenters. The van der Waals surface area contributed by atoms with Gasteiger partial charge in [0, 0.05) is 29.3 Å². The standard InChI is InChI=1S/C12H16N2/c1-9(2)8-14-11-3-4-12-10(7-11)5-6-13-12/h3-7,9,13-14H,8H2,1-2H3. The van der Waals surface area contributed by atoms with Crippen molar-refractivity contribution in [2.24, 2.45) is 5.92 Å². The second kappa shape index (κ2) is 3.74. The fraction of sp³-hybridized carbons (Fsp3) is 0.333. The van der Waals surface area contributed by atoms with Gasteiger partial charge < -0.3 is 10.3 Å². The summed E-state index contributed by atoms with van der Waals surface area (Å²) in [5, 5.41) is 4.67. The van der Waals surface area contributed by atoms with Crippen molar-refractivity contribution < 1.29 is 0 Å². The van der Waals surface area contributed by atoms with Crippen LogP contribution in [0.1, 0.15) is 13.8 Å². The Morgan fingerprint density at radius 1 is 1.29 bits per heavy atom. The number of anilines is 1. The molecule has 0 amide bonds. The largest absolute Gasteiger partial charge is 0.385 e. The molecule has 1 aromatic heterocycles. The number of aromatic nitrogens is 1. The smallest absolute Gasteiger partial charge is 0.0455 e. The Hall–Kier alpha value is -1.44. The number of rotatable bonds is 3. The molecule has 0 saturated heterocycles. The highest BCUT2D eigenvalue weighted by Crippen LogP contribution is 2.17. The molecule has 2 aromatic rings. The molecular weight excluding hydrogens is 172 g/mol. The van der Waals surface area contributed by atoms with Gasteiger partial charge in [-0.15, -0.1) is 0 Å². The molecule has 0 bridgehead atoms. The summed E-state index contributed by atoms with van der Waals surface area (Å²) in [7, 11) is 0. The number of aromatic amines is 1. The lowest BCUT2D eigenvalue weighted by Crippen LogP contribution is -2.07. The van der Waals surface area contributed by atoms with Gasteiger partial charge in [-0.25, -0.2) is 0 Å². The number of nitrogens with one attached hydrogen (secondary N) is 2. The van der Waals surface area contributed by atoms with Gasteiger partial charge in [0.2, 0.25) is 0 Å². The van der Waals surface area contributed by atoms with Crippen LogP contribution in [0, 0.1) is 5.92 Å². The van der Waals surface area contributed by atoms with Gasteiger partial charge >= 0.3 is 0 Å². The Kier molecular flexibility index (Phi) is 2.44. The third-order valence-electron chi connectivity index (χ3n) is 2.27. The summed E-state index contributed by atoms with van der Waals surface area (Å²) in [4.78, 5) is 3.18. The number of fused-ring (bicyclic) bond motifs is 1. The summed E-state index contributed by atoms with van der Waals surface area (Å²) >= 11 is 0. The fourth-order valence-corrected chi connectivity index (χ4v) is 1.49. The van der Waals surface area contributed by atoms with E-state index in [1.165, 1.54) is 16.6 Å². The maximum Gasteiger partial charge on any atom is 0.0455 e. The summed E-state index contributed by atoms with van der Waals surface area (Å²) in [6, 6.07) is 8.49. The molecule has 0 unspecified atom stereocenters. The van der Waals surface area contributed by atoms with E-state index in [1.54, 1.807) is 0 Å². The minimum Gasteiger partial charge on any atom is -0.385 e. The zero-order valence-electron chi connectivity index (χ0n) is 8.67. The van der Waals surface area contributed by atoms with Crippen LogP contribution in [-0.4, -0.2) is 11.5 Å². The van der Waals surface area contributed by atoms with Crippen molar-refractivity contribution in [2.45, 2.75) is 13.8 Å². The van der Waals surface area contributed by atoms with Crippen molar-refractivity contribution in [3.63, 3.8) is 0 Å². The maximum absolute atomic E-state index is 3.41. The van der Waals surface area contributed by atoms with E-state index in [-0.39, 0.29) is 0 Å². The van der Waals surface area contributed by atoms with Gasteiger partial charge in [0.05, 0.1) is 0 Å². The van der Waals surface area contributed by atoms with Crippen LogP contribution in [0.4, 0.5) is 5.69 Å². The van der Waals surface area contributed by atoms with E-state index in [1.807, 2.05) is 6.20 Å². The van der Waals surface area contributed by atoms with Crippen LogP contribution in [0.2, 0.25) is 0 Å². The van der Waals surface area contributed by atoms with E-state index in [2.05, 4.69) is 48.4 Å². The summed E-state index contributed by atoms with van der Waals surface area (Å²) in [5.41, 5.74) is 2.39. The number of hydrogen-bond acceptors (Lipinski definition) is 1. The molecule has 1 aromatic carbocycles. The van der Waals surface area contributed by atoms with Crippen LogP contribution in [0.15, 0.2) is 30.5 Å². The number of benzene rings is 1. The van der Waals surface area contributed by atoms with Gasteiger partial charge in [0.25, 0.3) is 0 Å². The van der Waals surface area contributed by atoms with Crippen molar-refractivity contribution in [1.29, 1.82) is 0 Å². The fourth-order valence-electron chi connectivity index (χ4n) is 1.49. The van der Waals surface area contributed by atoms with E-state index in [0.29, 0.717) is 5.92 Å². The minimum absolute atomic E-state index is 0.678. The normalized spacial score (nSPS) is 11.1. The van der Waals surface area contributed by atoms with Gasteiger partial charge in [-0.1, -0.05) is 13.8 Å². The average molecular weight is 188 g/mol. The first-order chi connectivity index (χ1) is 6.75. The Bertz CT molecular complexity index is 415. The quantitative estimate of drug-likeness (QED) is 0.760. The van der Waals surface area contributed by atoms with Crippen LogP contribution >= 0.6 is 0 Å². The molecule has 0 fully saturated rings. The molecule has 0 aliphatic rings. The zero-order chi connectivity index (χ0) is 9.97. The van der Waals surface area contributed by atoms with Crippen molar-refractivity contribution >= 4 is 16.6 Å². The molecule has 2 N–H and O–H groups in total. The summed E-state index contributed by atoms with van der Waals surface area (Å²) in [6.45, 7) is 5.44. The molecule has 0 radical (unpaired) electrons. The highest BCUT2D eigenvalue weighted by Gasteiger charge is 1.97. The van der Waals surface area contributed by atoms with Crippen LogP contribution in [0.3, 0.4) is 0 Å². The Labute approximate surface area is 84.3 Å². The van der Waals surface area contributed by atoms with Crippen molar-refractivity contribution in [3.8, 4) is 0 Å². The molecule has 2 heteroatoms. The zero-order valence-corrected chi connectivity index (χ0v) is 8.67. The van der Waals surface area contributed by atoms with Crippen LogP contribution in [-0.2, 0) is 0 Å². The van der Waals surface area contributed by atoms with E-state index in [9.17, 15) is 0 Å². The van der Waals surface area contributed by atoms with Crippen LogP contribution in [0.25, 0.3) is 10.9 Å². The molecule has 0 saturated carbocycles. The average Bonchev–Trinajstić information content (AvgIpc) is 2.61. The first-order valence-corrected chi connectivity index (χ1v) is 5.07. The maximum atomic E-state index is 3.41. The van der Waals surface area contributed by atoms with E-state index < -0.39 is 0 Å². The first-order valence-electron chi connectivity index (χ1n) is 5.07. The first kappa shape index (κ1) is 9.13. The number of hydrogen-bond donors (Lipinski definition) is 2. The monoisotopic (exact) mass is 188 g/mol. The Morgan fingerprint density at radius 2 is 2.14 bits per heavy atom. The highest BCUT2D eigenvalue weighted by molar-refractivity contribution is 5.82. The van der Waals surface area contributed by atoms with Crippen LogP contribution in [0.5, 0.6) is 0 Å². The second-order valence-corrected chi connectivity index (χ2v) is 4.05. The molecule has 0 spiro atoms. The van der Waals surface area contributed by atoms with E-state index in [4.69, 9.17) is 0 Å². The lowest BCUT2D eigenvalue weighted by Gasteiger charge is -2.08. The molecule has 74 valence electrons. The Morgan fingerprint density at radius 3 is 2.93 bits per heavy atom. The number of H-pyrrole nitrogens is 1. The predicted molar refractivity (Wildman–Crippen MR) is 61.6 cm³/mol. The third kappa shape index (κ3) is 1.90. The SMILES string of the molecule is CC(C)CNc1ccc2[nH]ccc2c1. The van der Waals surface area contributed by atoms with E-state index >= 15 is 0 Å². The van der Waals surface area contributed by atoms with Crippen LogP contribution < -0.4 is 5.32 Å². The lowest BCUT2D eigenvalue weighted by molar-refractivity contribution is 0.689. The van der Waals surface area contributed by atoms with Crippen molar-refractivity contribution in [3.05, 3.63) is 30.5 Å². The topological polar surface area (TPSA) is 27.8 Å². The van der Waals surface area contributed by atoms with Gasteiger partial charge in [0.1, 0.15) is 0 Å². The van der Waals surface area contributed by atoms with E-state index in [0.717, 1.165) is 6.54 Å². The van der Waals surface area contributed by atoms with Gasteiger partial charge in [-0.05, 0) is 30.2 Å². The molecular formula is C12H16N2. The highest BCUT2D eigenvalue weighted by atomic mass is 14.9. The lowest BCUT2D eigenvalue weighted by atomic mass is 10.2. The summed E-state index contributed by atoms with van der Waals surface area (Å²) in [6.07, 6.45) is 1.97.